The molecule has 0 saturated heterocycles. The molecule has 0 aliphatic carbocycles. The average molecular weight is 279 g/mol. The summed E-state index contributed by atoms with van der Waals surface area (Å²) >= 11 is 4.38. The van der Waals surface area contributed by atoms with Crippen molar-refractivity contribution in [1.82, 2.24) is 9.78 Å². The Morgan fingerprint density at radius 2 is 2.11 bits per heavy atom. The standard InChI is InChI=1S/C6H11NS.C5H5F3N2/c1-2-3-4-5-7-6-8;1-10-3-2-4(9-10)5(6,7)8/h2-5H2,1H3;2-3H,1H3. The number of aliphatic imine (C=N–C) groups is 1. The fourth-order valence-electron chi connectivity index (χ4n) is 1.05. The van der Waals surface area contributed by atoms with Gasteiger partial charge in [-0.2, -0.15) is 18.3 Å². The lowest BCUT2D eigenvalue weighted by Gasteiger charge is -1.99. The van der Waals surface area contributed by atoms with Crippen LogP contribution < -0.4 is 0 Å². The molecule has 1 heterocycles. The van der Waals surface area contributed by atoms with Crippen molar-refractivity contribution >= 4 is 17.4 Å². The molecule has 1 aromatic rings. The van der Waals surface area contributed by atoms with Crippen LogP contribution >= 0.6 is 12.2 Å². The topological polar surface area (TPSA) is 30.2 Å². The second kappa shape index (κ2) is 8.83. The number of nitrogens with zero attached hydrogens (tertiary/aromatic N) is 3. The molecule has 0 aromatic carbocycles. The third-order valence-electron chi connectivity index (χ3n) is 1.94. The largest absolute Gasteiger partial charge is 0.435 e. The van der Waals surface area contributed by atoms with Crippen LogP contribution in [0.3, 0.4) is 0 Å². The number of isothiocyanates is 1. The number of aromatic nitrogens is 2. The van der Waals surface area contributed by atoms with E-state index in [4.69, 9.17) is 0 Å². The maximum atomic E-state index is 11.7. The Morgan fingerprint density at radius 1 is 1.44 bits per heavy atom. The van der Waals surface area contributed by atoms with E-state index in [1.165, 1.54) is 26.1 Å². The molecule has 0 aliphatic heterocycles. The number of alkyl halides is 3. The zero-order chi connectivity index (χ0) is 14.0. The Balaban J connectivity index is 0.000000331. The van der Waals surface area contributed by atoms with Crippen molar-refractivity contribution in [2.24, 2.45) is 12.0 Å². The van der Waals surface area contributed by atoms with Gasteiger partial charge in [0.2, 0.25) is 0 Å². The predicted octanol–water partition coefficient (Wildman–Crippen LogP) is 3.72. The lowest BCUT2D eigenvalue weighted by atomic mass is 10.3. The van der Waals surface area contributed by atoms with E-state index < -0.39 is 11.9 Å². The summed E-state index contributed by atoms with van der Waals surface area (Å²) < 4.78 is 36.3. The second-order valence-corrected chi connectivity index (χ2v) is 3.74. The number of halogens is 3. The molecule has 18 heavy (non-hydrogen) atoms. The first-order chi connectivity index (χ1) is 8.41. The van der Waals surface area contributed by atoms with E-state index >= 15 is 0 Å². The van der Waals surface area contributed by atoms with Crippen molar-refractivity contribution in [3.8, 4) is 0 Å². The SMILES string of the molecule is CCCCCN=C=S.Cn1ccc(C(F)(F)F)n1. The molecular weight excluding hydrogens is 263 g/mol. The summed E-state index contributed by atoms with van der Waals surface area (Å²) in [4.78, 5) is 3.77. The van der Waals surface area contributed by atoms with Crippen LogP contribution in [0.5, 0.6) is 0 Å². The lowest BCUT2D eigenvalue weighted by Crippen LogP contribution is -2.06. The molecule has 0 bridgehead atoms. The highest BCUT2D eigenvalue weighted by Crippen LogP contribution is 2.26. The van der Waals surface area contributed by atoms with Gasteiger partial charge in [0.1, 0.15) is 0 Å². The quantitative estimate of drug-likeness (QED) is 0.478. The first-order valence-corrected chi connectivity index (χ1v) is 5.93. The van der Waals surface area contributed by atoms with Crippen LogP contribution in [0, 0.1) is 0 Å². The Labute approximate surface area is 110 Å². The first-order valence-electron chi connectivity index (χ1n) is 5.52. The third kappa shape index (κ3) is 7.97. The van der Waals surface area contributed by atoms with Gasteiger partial charge in [-0.25, -0.2) is 4.99 Å². The molecule has 0 unspecified atom stereocenters. The van der Waals surface area contributed by atoms with Gasteiger partial charge >= 0.3 is 6.18 Å². The smallest absolute Gasteiger partial charge is 0.275 e. The fourth-order valence-corrected chi connectivity index (χ4v) is 1.14. The van der Waals surface area contributed by atoms with Crippen LogP contribution in [-0.4, -0.2) is 21.5 Å². The Kier molecular flexibility index (Phi) is 8.24. The van der Waals surface area contributed by atoms with E-state index in [0.29, 0.717) is 0 Å². The van der Waals surface area contributed by atoms with Gasteiger partial charge in [0.05, 0.1) is 5.16 Å². The zero-order valence-corrected chi connectivity index (χ0v) is 11.2. The molecule has 7 heteroatoms. The highest BCUT2D eigenvalue weighted by molar-refractivity contribution is 7.78. The Bertz CT molecular complexity index is 381. The molecule has 102 valence electrons. The average Bonchev–Trinajstić information content (AvgIpc) is 2.72. The minimum atomic E-state index is -4.32. The third-order valence-corrected chi connectivity index (χ3v) is 2.07. The van der Waals surface area contributed by atoms with Gasteiger partial charge in [0, 0.05) is 19.8 Å². The zero-order valence-electron chi connectivity index (χ0n) is 10.4. The van der Waals surface area contributed by atoms with Gasteiger partial charge in [-0.3, -0.25) is 4.68 Å². The van der Waals surface area contributed by atoms with Crippen molar-refractivity contribution in [2.45, 2.75) is 32.4 Å². The predicted molar refractivity (Wildman–Crippen MR) is 67.6 cm³/mol. The molecule has 3 nitrogen and oxygen atoms in total. The van der Waals surface area contributed by atoms with Gasteiger partial charge in [-0.05, 0) is 24.7 Å². The van der Waals surface area contributed by atoms with Crippen LogP contribution in [0.15, 0.2) is 17.3 Å². The Morgan fingerprint density at radius 3 is 2.44 bits per heavy atom. The van der Waals surface area contributed by atoms with E-state index in [0.717, 1.165) is 23.7 Å². The van der Waals surface area contributed by atoms with Gasteiger partial charge in [0.25, 0.3) is 0 Å². The minimum Gasteiger partial charge on any atom is -0.275 e. The molecule has 0 N–H and O–H groups in total. The molecule has 1 rings (SSSR count). The maximum absolute atomic E-state index is 11.7. The molecule has 0 radical (unpaired) electrons. The van der Waals surface area contributed by atoms with Gasteiger partial charge in [-0.1, -0.05) is 19.8 Å². The van der Waals surface area contributed by atoms with E-state index in [-0.39, 0.29) is 0 Å². The molecule has 0 aliphatic rings. The minimum absolute atomic E-state index is 0.852. The summed E-state index contributed by atoms with van der Waals surface area (Å²) in [5.74, 6) is 0. The number of unbranched alkanes of at least 4 members (excludes halogenated alkanes) is 2. The molecule has 0 saturated carbocycles. The van der Waals surface area contributed by atoms with Crippen molar-refractivity contribution in [3.63, 3.8) is 0 Å². The van der Waals surface area contributed by atoms with Gasteiger partial charge < -0.3 is 0 Å². The van der Waals surface area contributed by atoms with E-state index in [1.807, 2.05) is 0 Å². The van der Waals surface area contributed by atoms with Crippen molar-refractivity contribution < 1.29 is 13.2 Å². The Hall–Kier alpha value is -1.20. The van der Waals surface area contributed by atoms with Crippen LogP contribution in [-0.2, 0) is 13.2 Å². The normalized spacial score (nSPS) is 10.3. The van der Waals surface area contributed by atoms with E-state index in [9.17, 15) is 13.2 Å². The highest BCUT2D eigenvalue weighted by atomic mass is 32.1. The van der Waals surface area contributed by atoms with Gasteiger partial charge in [-0.15, -0.1) is 0 Å². The molecular formula is C11H16F3N3S. The summed E-state index contributed by atoms with van der Waals surface area (Å²) in [6, 6.07) is 0.931. The first kappa shape index (κ1) is 16.8. The van der Waals surface area contributed by atoms with Crippen LogP contribution in [0.25, 0.3) is 0 Å². The number of thiocarbonyl (C=S) groups is 1. The van der Waals surface area contributed by atoms with E-state index in [2.05, 4.69) is 34.4 Å². The van der Waals surface area contributed by atoms with Crippen molar-refractivity contribution in [2.75, 3.05) is 6.54 Å². The fraction of sp³-hybridized carbons (Fsp3) is 0.636. The van der Waals surface area contributed by atoms with Gasteiger partial charge in [0.15, 0.2) is 5.69 Å². The van der Waals surface area contributed by atoms with E-state index in [1.54, 1.807) is 0 Å². The summed E-state index contributed by atoms with van der Waals surface area (Å²) in [7, 11) is 1.44. The second-order valence-electron chi connectivity index (χ2n) is 3.55. The molecule has 0 fully saturated rings. The van der Waals surface area contributed by atoms with Crippen LogP contribution in [0.1, 0.15) is 31.9 Å². The lowest BCUT2D eigenvalue weighted by molar-refractivity contribution is -0.141. The summed E-state index contributed by atoms with van der Waals surface area (Å²) in [6.45, 7) is 3.03. The number of hydrogen-bond donors (Lipinski definition) is 0. The van der Waals surface area contributed by atoms with Crippen LogP contribution in [0.4, 0.5) is 13.2 Å². The monoisotopic (exact) mass is 279 g/mol. The molecule has 0 atom stereocenters. The summed E-state index contributed by atoms with van der Waals surface area (Å²) in [5, 5.41) is 5.51. The number of aryl methyl sites for hydroxylation is 1. The molecule has 0 spiro atoms. The number of hydrogen-bond acceptors (Lipinski definition) is 3. The number of rotatable bonds is 4. The highest BCUT2D eigenvalue weighted by Gasteiger charge is 2.33. The van der Waals surface area contributed by atoms with Crippen molar-refractivity contribution in [3.05, 3.63) is 18.0 Å². The molecule has 1 aromatic heterocycles. The van der Waals surface area contributed by atoms with Crippen LogP contribution in [0.2, 0.25) is 0 Å². The summed E-state index contributed by atoms with van der Waals surface area (Å²) in [5.41, 5.74) is -0.852. The maximum Gasteiger partial charge on any atom is 0.435 e. The summed E-state index contributed by atoms with van der Waals surface area (Å²) in [6.07, 6.45) is 0.581. The molecule has 0 amide bonds. The van der Waals surface area contributed by atoms with Crippen molar-refractivity contribution in [1.29, 1.82) is 0 Å².